The molecule has 158 valence electrons. The molecule has 2 unspecified atom stereocenters. The Bertz CT molecular complexity index is 836. The van der Waals surface area contributed by atoms with Crippen LogP contribution in [0.25, 0.3) is 0 Å². The van der Waals surface area contributed by atoms with Gasteiger partial charge < -0.3 is 19.9 Å². The summed E-state index contributed by atoms with van der Waals surface area (Å²) in [5, 5.41) is 14.0. The van der Waals surface area contributed by atoms with Crippen LogP contribution in [0.4, 0.5) is 0 Å². The number of phenolic OH excluding ortho intramolecular Hbond substituents is 1. The molecule has 2 heterocycles. The number of nitrogens with one attached hydrogen (secondary N) is 1. The number of nitrogens with zero attached hydrogens (tertiary/aromatic N) is 4. The highest BCUT2D eigenvalue weighted by Crippen LogP contribution is 2.31. The van der Waals surface area contributed by atoms with Gasteiger partial charge in [-0.25, -0.2) is 4.98 Å². The first-order valence-electron chi connectivity index (χ1n) is 10.4. The number of aliphatic imine (C=N–C) groups is 1. The topological polar surface area (TPSA) is 65.7 Å². The molecule has 4 rings (SSSR count). The van der Waals surface area contributed by atoms with Crippen LogP contribution < -0.4 is 5.32 Å². The normalized spacial score (nSPS) is 22.0. The second-order valence-corrected chi connectivity index (χ2v) is 8.10. The molecule has 1 aromatic carbocycles. The van der Waals surface area contributed by atoms with Gasteiger partial charge in [-0.2, -0.15) is 0 Å². The smallest absolute Gasteiger partial charge is 0.193 e. The van der Waals surface area contributed by atoms with Gasteiger partial charge in [-0.15, -0.1) is 24.0 Å². The number of rotatable bonds is 3. The van der Waals surface area contributed by atoms with Crippen LogP contribution in [0.2, 0.25) is 0 Å². The van der Waals surface area contributed by atoms with E-state index in [1.54, 1.807) is 0 Å². The Hall–Kier alpha value is -1.77. The lowest BCUT2D eigenvalue weighted by Crippen LogP contribution is -2.48. The maximum absolute atomic E-state index is 10.5. The lowest BCUT2D eigenvalue weighted by atomic mass is 9.87. The molecule has 2 aromatic rings. The van der Waals surface area contributed by atoms with Crippen molar-refractivity contribution in [1.82, 2.24) is 19.8 Å². The van der Waals surface area contributed by atoms with Crippen LogP contribution in [0.5, 0.6) is 5.75 Å². The molecular formula is C22H32IN5O. The predicted molar refractivity (Wildman–Crippen MR) is 127 cm³/mol. The van der Waals surface area contributed by atoms with Crippen molar-refractivity contribution in [2.45, 2.75) is 51.6 Å². The first-order chi connectivity index (χ1) is 13.7. The second-order valence-electron chi connectivity index (χ2n) is 8.10. The third-order valence-corrected chi connectivity index (χ3v) is 6.39. The first-order valence-corrected chi connectivity index (χ1v) is 10.4. The van der Waals surface area contributed by atoms with Gasteiger partial charge >= 0.3 is 0 Å². The van der Waals surface area contributed by atoms with Gasteiger partial charge in [-0.3, -0.25) is 4.99 Å². The van der Waals surface area contributed by atoms with Crippen molar-refractivity contribution in [3.63, 3.8) is 0 Å². The summed E-state index contributed by atoms with van der Waals surface area (Å²) in [5.74, 6) is 1.91. The molecule has 1 aliphatic heterocycles. The Labute approximate surface area is 190 Å². The van der Waals surface area contributed by atoms with E-state index < -0.39 is 0 Å². The molecule has 2 N–H and O–H groups in total. The fourth-order valence-electron chi connectivity index (χ4n) is 4.68. The van der Waals surface area contributed by atoms with E-state index in [0.29, 0.717) is 24.3 Å². The Kier molecular flexibility index (Phi) is 7.43. The van der Waals surface area contributed by atoms with Crippen LogP contribution in [0.1, 0.15) is 48.9 Å². The molecule has 0 bridgehead atoms. The van der Waals surface area contributed by atoms with Crippen molar-refractivity contribution in [2.75, 3.05) is 20.1 Å². The standard InChI is InChI=1S/C22H31N5O.HI/c1-16-9-11-26(14-20(16)27-12-10-24-15-27)22(23-2)25-13-19-18-6-4-3-5-17(18)7-8-21(19)28;/h7-8,10,12,15-16,20,28H,3-6,9,11,13-14H2,1-2H3,(H,23,25);1H. The summed E-state index contributed by atoms with van der Waals surface area (Å²) in [6.07, 6.45) is 11.6. The molecule has 7 heteroatoms. The van der Waals surface area contributed by atoms with E-state index in [2.05, 4.69) is 43.9 Å². The maximum Gasteiger partial charge on any atom is 0.193 e. The molecule has 0 spiro atoms. The lowest BCUT2D eigenvalue weighted by Gasteiger charge is -2.39. The summed E-state index contributed by atoms with van der Waals surface area (Å²) in [7, 11) is 1.84. The zero-order valence-corrected chi connectivity index (χ0v) is 19.7. The highest BCUT2D eigenvalue weighted by molar-refractivity contribution is 14.0. The lowest BCUT2D eigenvalue weighted by molar-refractivity contribution is 0.189. The monoisotopic (exact) mass is 509 g/mol. The summed E-state index contributed by atoms with van der Waals surface area (Å²) >= 11 is 0. The third-order valence-electron chi connectivity index (χ3n) is 6.39. The molecule has 1 fully saturated rings. The zero-order chi connectivity index (χ0) is 19.5. The van der Waals surface area contributed by atoms with Crippen LogP contribution in [-0.2, 0) is 19.4 Å². The first kappa shape index (κ1) is 21.9. The minimum absolute atomic E-state index is 0. The van der Waals surface area contributed by atoms with Crippen molar-refractivity contribution < 1.29 is 5.11 Å². The number of hydrogen-bond acceptors (Lipinski definition) is 3. The van der Waals surface area contributed by atoms with Gasteiger partial charge in [0, 0.05) is 44.6 Å². The van der Waals surface area contributed by atoms with E-state index in [0.717, 1.165) is 43.9 Å². The Balaban J connectivity index is 0.00000240. The number of likely N-dealkylation sites (tertiary alicyclic amines) is 1. The molecule has 6 nitrogen and oxygen atoms in total. The number of imidazole rings is 1. The molecule has 0 radical (unpaired) electrons. The number of halogens is 1. The number of hydrogen-bond donors (Lipinski definition) is 2. The van der Waals surface area contributed by atoms with Crippen LogP contribution in [0.3, 0.4) is 0 Å². The number of aromatic nitrogens is 2. The van der Waals surface area contributed by atoms with E-state index in [-0.39, 0.29) is 24.0 Å². The number of guanidine groups is 1. The molecule has 0 amide bonds. The summed E-state index contributed by atoms with van der Waals surface area (Å²) < 4.78 is 2.21. The van der Waals surface area contributed by atoms with Crippen molar-refractivity contribution in [3.05, 3.63) is 47.5 Å². The molecule has 1 saturated heterocycles. The van der Waals surface area contributed by atoms with E-state index >= 15 is 0 Å². The van der Waals surface area contributed by atoms with Gasteiger partial charge in [-0.1, -0.05) is 13.0 Å². The minimum Gasteiger partial charge on any atom is -0.508 e. The average molecular weight is 509 g/mol. The maximum atomic E-state index is 10.5. The molecule has 1 aromatic heterocycles. The predicted octanol–water partition coefficient (Wildman–Crippen LogP) is 3.74. The number of aryl methyl sites for hydroxylation is 1. The summed E-state index contributed by atoms with van der Waals surface area (Å²) in [6, 6.07) is 4.33. The highest BCUT2D eigenvalue weighted by Gasteiger charge is 2.29. The fraction of sp³-hybridized carbons (Fsp3) is 0.545. The molecular weight excluding hydrogens is 477 g/mol. The average Bonchev–Trinajstić information content (AvgIpc) is 3.25. The molecule has 1 aliphatic carbocycles. The second kappa shape index (κ2) is 9.82. The quantitative estimate of drug-likeness (QED) is 0.376. The van der Waals surface area contributed by atoms with Gasteiger partial charge in [0.25, 0.3) is 0 Å². The van der Waals surface area contributed by atoms with Gasteiger partial charge in [0.05, 0.1) is 12.4 Å². The third kappa shape index (κ3) is 4.70. The van der Waals surface area contributed by atoms with Crippen LogP contribution in [0.15, 0.2) is 35.8 Å². The molecule has 0 saturated carbocycles. The number of aromatic hydroxyl groups is 1. The largest absolute Gasteiger partial charge is 0.508 e. The van der Waals surface area contributed by atoms with Crippen molar-refractivity contribution in [1.29, 1.82) is 0 Å². The Morgan fingerprint density at radius 3 is 2.90 bits per heavy atom. The SMILES string of the molecule is CN=C(NCc1c(O)ccc2c1CCCC2)N1CCC(C)C(n2ccnc2)C1.I. The number of piperidine rings is 1. The van der Waals surface area contributed by atoms with E-state index in [4.69, 9.17) is 0 Å². The van der Waals surface area contributed by atoms with Gasteiger partial charge in [0.2, 0.25) is 0 Å². The summed E-state index contributed by atoms with van der Waals surface area (Å²) in [4.78, 5) is 11.1. The Morgan fingerprint density at radius 1 is 1.31 bits per heavy atom. The van der Waals surface area contributed by atoms with Crippen LogP contribution >= 0.6 is 24.0 Å². The molecule has 2 aliphatic rings. The Morgan fingerprint density at radius 2 is 2.14 bits per heavy atom. The highest BCUT2D eigenvalue weighted by atomic mass is 127. The summed E-state index contributed by atoms with van der Waals surface area (Å²) in [6.45, 7) is 4.83. The van der Waals surface area contributed by atoms with Crippen molar-refractivity contribution >= 4 is 29.9 Å². The van der Waals surface area contributed by atoms with Crippen LogP contribution in [0, 0.1) is 5.92 Å². The fourth-order valence-corrected chi connectivity index (χ4v) is 4.68. The van der Waals surface area contributed by atoms with Crippen LogP contribution in [-0.4, -0.2) is 45.7 Å². The molecule has 2 atom stereocenters. The number of fused-ring (bicyclic) bond motifs is 1. The molecule has 29 heavy (non-hydrogen) atoms. The summed E-state index contributed by atoms with van der Waals surface area (Å²) in [5.41, 5.74) is 3.76. The number of benzene rings is 1. The van der Waals surface area contributed by atoms with E-state index in [1.165, 1.54) is 24.0 Å². The van der Waals surface area contributed by atoms with E-state index in [9.17, 15) is 5.11 Å². The van der Waals surface area contributed by atoms with Crippen molar-refractivity contribution in [2.24, 2.45) is 10.9 Å². The van der Waals surface area contributed by atoms with Gasteiger partial charge in [0.1, 0.15) is 5.75 Å². The van der Waals surface area contributed by atoms with Gasteiger partial charge in [-0.05, 0) is 55.2 Å². The van der Waals surface area contributed by atoms with Crippen molar-refractivity contribution in [3.8, 4) is 5.75 Å². The zero-order valence-electron chi connectivity index (χ0n) is 17.3. The van der Waals surface area contributed by atoms with Gasteiger partial charge in [0.15, 0.2) is 5.96 Å². The minimum atomic E-state index is 0. The van der Waals surface area contributed by atoms with E-state index in [1.807, 2.05) is 25.6 Å². The number of phenols is 1.